The summed E-state index contributed by atoms with van der Waals surface area (Å²) in [6, 6.07) is 0. The van der Waals surface area contributed by atoms with Gasteiger partial charge in [-0.2, -0.15) is 5.26 Å². The zero-order valence-electron chi connectivity index (χ0n) is 8.90. The third kappa shape index (κ3) is 4.56. The van der Waals surface area contributed by atoms with E-state index in [0.717, 1.165) is 24.6 Å². The van der Waals surface area contributed by atoms with Crippen LogP contribution in [0.3, 0.4) is 0 Å². The van der Waals surface area contributed by atoms with Crippen LogP contribution in [0.1, 0.15) is 6.42 Å². The van der Waals surface area contributed by atoms with E-state index in [9.17, 15) is 0 Å². The predicted molar refractivity (Wildman–Crippen MR) is 63.1 cm³/mol. The minimum Gasteiger partial charge on any atom is -0.360 e. The summed E-state index contributed by atoms with van der Waals surface area (Å²) in [5, 5.41) is 25.3. The van der Waals surface area contributed by atoms with Crippen LogP contribution in [-0.2, 0) is 0 Å². The number of guanidine groups is 1. The van der Waals surface area contributed by atoms with Gasteiger partial charge in [0.25, 0.3) is 0 Å². The topological polar surface area (TPSA) is 98.0 Å². The zero-order valence-corrected chi connectivity index (χ0v) is 9.71. The van der Waals surface area contributed by atoms with Crippen molar-refractivity contribution in [3.63, 3.8) is 0 Å². The maximum atomic E-state index is 8.39. The lowest BCUT2D eigenvalue weighted by Crippen LogP contribution is -2.35. The molecule has 0 aliphatic rings. The highest BCUT2D eigenvalue weighted by Gasteiger charge is 1.96. The second-order valence-electron chi connectivity index (χ2n) is 2.76. The third-order valence-corrected chi connectivity index (χ3v) is 2.33. The Kier molecular flexibility index (Phi) is 5.65. The van der Waals surface area contributed by atoms with Crippen LogP contribution in [0.15, 0.2) is 10.5 Å². The fourth-order valence-corrected chi connectivity index (χ4v) is 1.45. The van der Waals surface area contributed by atoms with Gasteiger partial charge in [-0.15, -0.1) is 10.2 Å². The summed E-state index contributed by atoms with van der Waals surface area (Å²) in [5.41, 5.74) is 1.68. The van der Waals surface area contributed by atoms with E-state index in [1.807, 2.05) is 0 Å². The van der Waals surface area contributed by atoms with E-state index >= 15 is 0 Å². The summed E-state index contributed by atoms with van der Waals surface area (Å²) in [4.78, 5) is 3.86. The molecule has 0 bridgehead atoms. The summed E-state index contributed by atoms with van der Waals surface area (Å²) in [6.07, 6.45) is 2.70. The first-order valence-corrected chi connectivity index (χ1v) is 5.60. The number of aliphatic imine (C=N–C) groups is 1. The molecule has 0 unspecified atom stereocenters. The van der Waals surface area contributed by atoms with Gasteiger partial charge in [-0.3, -0.25) is 10.3 Å². The Morgan fingerprint density at radius 2 is 2.50 bits per heavy atom. The number of nitriles is 1. The molecule has 7 nitrogen and oxygen atoms in total. The summed E-state index contributed by atoms with van der Waals surface area (Å²) >= 11 is 1.47. The fourth-order valence-electron chi connectivity index (χ4n) is 0.973. The van der Waals surface area contributed by atoms with Crippen LogP contribution in [0.25, 0.3) is 0 Å². The van der Waals surface area contributed by atoms with Crippen molar-refractivity contribution in [1.29, 1.82) is 5.26 Å². The summed E-state index contributed by atoms with van der Waals surface area (Å²) in [7, 11) is 1.62. The second-order valence-corrected chi connectivity index (χ2v) is 3.59. The highest BCUT2D eigenvalue weighted by Crippen LogP contribution is 2.06. The maximum absolute atomic E-state index is 8.39. The molecule has 1 aromatic heterocycles. The van der Waals surface area contributed by atoms with E-state index in [4.69, 9.17) is 5.26 Å². The molecule has 0 spiro atoms. The van der Waals surface area contributed by atoms with Gasteiger partial charge in [-0.25, -0.2) is 0 Å². The van der Waals surface area contributed by atoms with Crippen LogP contribution in [0.4, 0.5) is 5.13 Å². The first-order chi connectivity index (χ1) is 7.86. The zero-order chi connectivity index (χ0) is 11.6. The van der Waals surface area contributed by atoms with Crippen molar-refractivity contribution in [3.8, 4) is 6.19 Å². The maximum Gasteiger partial charge on any atom is 0.205 e. The van der Waals surface area contributed by atoms with E-state index in [0.29, 0.717) is 5.96 Å². The largest absolute Gasteiger partial charge is 0.360 e. The molecule has 0 aromatic carbocycles. The quantitative estimate of drug-likeness (QED) is 0.220. The van der Waals surface area contributed by atoms with Gasteiger partial charge in [-0.1, -0.05) is 11.3 Å². The average Bonchev–Trinajstić information content (AvgIpc) is 2.80. The van der Waals surface area contributed by atoms with Crippen LogP contribution < -0.4 is 16.0 Å². The molecule has 0 aliphatic carbocycles. The number of nitrogens with zero attached hydrogens (tertiary/aromatic N) is 4. The summed E-state index contributed by atoms with van der Waals surface area (Å²) in [5.74, 6) is 0.485. The molecule has 16 heavy (non-hydrogen) atoms. The predicted octanol–water partition coefficient (Wildman–Crippen LogP) is -0.0138. The number of rotatable bonds is 5. The van der Waals surface area contributed by atoms with Crippen LogP contribution >= 0.6 is 11.3 Å². The summed E-state index contributed by atoms with van der Waals surface area (Å²) in [6.45, 7) is 1.53. The van der Waals surface area contributed by atoms with Crippen LogP contribution in [-0.4, -0.2) is 36.3 Å². The number of aromatic nitrogens is 2. The van der Waals surface area contributed by atoms with Gasteiger partial charge in [0.1, 0.15) is 5.51 Å². The standard InChI is InChI=1S/C8H13N7S/c1-10-7(13-5-9)11-3-2-4-12-8-15-14-6-16-8/h6H,2-4H2,1H3,(H,12,15)(H2,10,11,13). The fraction of sp³-hybridized carbons (Fsp3) is 0.500. The lowest BCUT2D eigenvalue weighted by Gasteiger charge is -2.06. The molecule has 1 rings (SSSR count). The number of anilines is 1. The highest BCUT2D eigenvalue weighted by molar-refractivity contribution is 7.13. The first-order valence-electron chi connectivity index (χ1n) is 4.72. The number of hydrogen-bond acceptors (Lipinski definition) is 6. The van der Waals surface area contributed by atoms with Crippen LogP contribution in [0.5, 0.6) is 0 Å². The van der Waals surface area contributed by atoms with Crippen molar-refractivity contribution < 1.29 is 0 Å². The van der Waals surface area contributed by atoms with Gasteiger partial charge in [0.05, 0.1) is 0 Å². The molecule has 0 aliphatic heterocycles. The Morgan fingerprint density at radius 1 is 1.62 bits per heavy atom. The summed E-state index contributed by atoms with van der Waals surface area (Å²) < 4.78 is 0. The van der Waals surface area contributed by atoms with Gasteiger partial charge in [0, 0.05) is 20.1 Å². The van der Waals surface area contributed by atoms with E-state index in [1.54, 1.807) is 18.8 Å². The monoisotopic (exact) mass is 239 g/mol. The minimum atomic E-state index is 0.485. The molecule has 1 heterocycles. The average molecular weight is 239 g/mol. The van der Waals surface area contributed by atoms with Crippen molar-refractivity contribution in [2.45, 2.75) is 6.42 Å². The Bertz CT molecular complexity index is 353. The van der Waals surface area contributed by atoms with Crippen molar-refractivity contribution in [2.75, 3.05) is 25.5 Å². The molecule has 0 radical (unpaired) electrons. The van der Waals surface area contributed by atoms with E-state index in [-0.39, 0.29) is 0 Å². The molecule has 1 aromatic rings. The minimum absolute atomic E-state index is 0.485. The normalized spacial score (nSPS) is 10.6. The van der Waals surface area contributed by atoms with Gasteiger partial charge >= 0.3 is 0 Å². The van der Waals surface area contributed by atoms with E-state index in [2.05, 4.69) is 31.1 Å². The van der Waals surface area contributed by atoms with E-state index < -0.39 is 0 Å². The van der Waals surface area contributed by atoms with Crippen molar-refractivity contribution in [2.24, 2.45) is 4.99 Å². The lowest BCUT2D eigenvalue weighted by atomic mass is 10.4. The molecule has 8 heteroatoms. The van der Waals surface area contributed by atoms with Gasteiger partial charge in [0.15, 0.2) is 6.19 Å². The van der Waals surface area contributed by atoms with Crippen molar-refractivity contribution in [3.05, 3.63) is 5.51 Å². The molecular weight excluding hydrogens is 226 g/mol. The smallest absolute Gasteiger partial charge is 0.205 e. The molecule has 0 saturated carbocycles. The Morgan fingerprint density at radius 3 is 3.12 bits per heavy atom. The Labute approximate surface area is 97.6 Å². The second kappa shape index (κ2) is 7.42. The molecule has 0 atom stereocenters. The molecule has 3 N–H and O–H groups in total. The molecule has 86 valence electrons. The van der Waals surface area contributed by atoms with Crippen LogP contribution in [0, 0.1) is 11.5 Å². The van der Waals surface area contributed by atoms with Crippen molar-refractivity contribution >= 4 is 22.4 Å². The lowest BCUT2D eigenvalue weighted by molar-refractivity contribution is 0.788. The highest BCUT2D eigenvalue weighted by atomic mass is 32.1. The van der Waals surface area contributed by atoms with Gasteiger partial charge < -0.3 is 10.6 Å². The molecule has 0 saturated heterocycles. The van der Waals surface area contributed by atoms with E-state index in [1.165, 1.54) is 11.3 Å². The third-order valence-electron chi connectivity index (χ3n) is 1.68. The number of hydrogen-bond donors (Lipinski definition) is 3. The van der Waals surface area contributed by atoms with Crippen LogP contribution in [0.2, 0.25) is 0 Å². The van der Waals surface area contributed by atoms with Gasteiger partial charge in [0.2, 0.25) is 11.1 Å². The number of nitrogens with one attached hydrogen (secondary N) is 3. The SMILES string of the molecule is CN=C(NC#N)NCCCNc1nncs1. The molecule has 0 fully saturated rings. The Balaban J connectivity index is 2.06. The molecular formula is C8H13N7S. The Hall–Kier alpha value is -1.88. The van der Waals surface area contributed by atoms with Gasteiger partial charge in [-0.05, 0) is 6.42 Å². The van der Waals surface area contributed by atoms with Crippen molar-refractivity contribution in [1.82, 2.24) is 20.8 Å². The first kappa shape index (κ1) is 12.2. The molecule has 0 amide bonds.